The lowest BCUT2D eigenvalue weighted by Crippen LogP contribution is -2.55. The number of alkyl halides is 6. The second kappa shape index (κ2) is 19.0. The Morgan fingerprint density at radius 2 is 1.72 bits per heavy atom. The van der Waals surface area contributed by atoms with Crippen molar-refractivity contribution in [2.45, 2.75) is 96.7 Å². The molecule has 57 heavy (non-hydrogen) atoms. The van der Waals surface area contributed by atoms with Crippen molar-refractivity contribution in [1.29, 1.82) is 0 Å². The monoisotopic (exact) mass is 798 g/mol. The Bertz CT molecular complexity index is 1950. The molecule has 3 heterocycles. The molecule has 1 atom stereocenters. The molecule has 306 valence electrons. The lowest BCUT2D eigenvalue weighted by molar-refractivity contribution is -0.137. The highest BCUT2D eigenvalue weighted by atomic mass is 19.4. The van der Waals surface area contributed by atoms with Crippen LogP contribution in [-0.4, -0.2) is 61.6 Å². The molecule has 1 fully saturated rings. The molecule has 1 aliphatic carbocycles. The Morgan fingerprint density at radius 3 is 2.30 bits per heavy atom. The van der Waals surface area contributed by atoms with Crippen LogP contribution >= 0.6 is 0 Å². The molecule has 0 spiro atoms. The first-order chi connectivity index (χ1) is 26.8. The van der Waals surface area contributed by atoms with Crippen molar-refractivity contribution in [1.82, 2.24) is 30.2 Å². The molecule has 1 saturated carbocycles. The quantitative estimate of drug-likeness (QED) is 0.186. The summed E-state index contributed by atoms with van der Waals surface area (Å²) in [6.07, 6.45) is 7.01. The first kappa shape index (κ1) is 44.0. The largest absolute Gasteiger partial charge is 0.419 e. The molecule has 2 N–H and O–H groups in total. The van der Waals surface area contributed by atoms with Crippen LogP contribution in [0.3, 0.4) is 0 Å². The average Bonchev–Trinajstić information content (AvgIpc) is 3.89. The zero-order chi connectivity index (χ0) is 42.0. The molecule has 10 nitrogen and oxygen atoms in total. The lowest BCUT2D eigenvalue weighted by Gasteiger charge is -2.31. The van der Waals surface area contributed by atoms with Crippen molar-refractivity contribution >= 4 is 29.8 Å². The van der Waals surface area contributed by atoms with E-state index in [4.69, 9.17) is 0 Å². The van der Waals surface area contributed by atoms with Crippen molar-refractivity contribution in [3.05, 3.63) is 121 Å². The van der Waals surface area contributed by atoms with Gasteiger partial charge in [-0.15, -0.1) is 0 Å². The number of hydrogen-bond donors (Lipinski definition) is 2. The number of nitrogens with zero attached hydrogens (tertiary/aromatic N) is 6. The zero-order valence-electron chi connectivity index (χ0n) is 32.4. The third kappa shape index (κ3) is 13.2. The molecule has 0 radical (unpaired) electrons. The number of benzene rings is 1. The highest BCUT2D eigenvalue weighted by Gasteiger charge is 2.37. The molecular formula is C41H48F6N8O2. The smallest absolute Gasteiger partial charge is 0.348 e. The Hall–Kier alpha value is -5.67. The number of hydrogen-bond acceptors (Lipinski definition) is 7. The van der Waals surface area contributed by atoms with E-state index >= 15 is 0 Å². The maximum absolute atomic E-state index is 13.3. The molecule has 5 rings (SSSR count). The number of amides is 2. The van der Waals surface area contributed by atoms with Crippen LogP contribution in [0.1, 0.15) is 77.3 Å². The SMILES string of the molecule is C=C1N=CC(c2ccccc2)=CN1/C=C(\CCC)C(F)(F)F.C=C1N=CC=CN1/C(=C\CC)C[C@@H](NC(=O)C1CC1)C(=O)NC(C)(C)Cn1cc(C(F)(F)F)cn1. The molecule has 0 saturated heterocycles. The Morgan fingerprint density at radius 1 is 1.02 bits per heavy atom. The fourth-order valence-corrected chi connectivity index (χ4v) is 5.77. The van der Waals surface area contributed by atoms with Crippen LogP contribution in [0, 0.1) is 5.92 Å². The summed E-state index contributed by atoms with van der Waals surface area (Å²) in [5.74, 6) is 0.0177. The second-order valence-electron chi connectivity index (χ2n) is 14.3. The number of nitrogens with one attached hydrogen (secondary N) is 2. The maximum Gasteiger partial charge on any atom is 0.419 e. The van der Waals surface area contributed by atoms with Gasteiger partial charge in [0.05, 0.1) is 23.8 Å². The van der Waals surface area contributed by atoms with Crippen LogP contribution in [0.25, 0.3) is 5.57 Å². The summed E-state index contributed by atoms with van der Waals surface area (Å²) in [6, 6.07) is 8.48. The van der Waals surface area contributed by atoms with Gasteiger partial charge in [-0.3, -0.25) is 14.3 Å². The van der Waals surface area contributed by atoms with E-state index in [0.29, 0.717) is 18.7 Å². The van der Waals surface area contributed by atoms with E-state index in [9.17, 15) is 35.9 Å². The van der Waals surface area contributed by atoms with Crippen LogP contribution in [0.5, 0.6) is 0 Å². The molecule has 0 unspecified atom stereocenters. The standard InChI is InChI=1S/C24H31F3N6O2.C17H17F3N2/c1-5-7-19(33-11-6-10-28-16(33)2)12-20(30-21(34)17-8-9-17)22(35)31-23(3,4)15-32-14-18(13-29-32)24(25,26)27;1-3-7-16(17(18,19)20)12-22-11-15(10-21-13(22)2)14-8-5-4-6-9-14/h6-7,10-11,13-14,17,20H,2,5,8-9,12,15H2,1,3-4H3,(H,30,34)(H,31,35);4-6,8-12H,2-3,7H2,1H3/b19-7-;16-12+/t20-;/m1./s1. The van der Waals surface area contributed by atoms with Gasteiger partial charge in [0.2, 0.25) is 11.8 Å². The number of halogens is 6. The molecule has 16 heteroatoms. The number of aliphatic imine (C=N–C) groups is 2. The fraction of sp³-hybridized carbons (Fsp3) is 0.390. The molecule has 2 aliphatic heterocycles. The van der Waals surface area contributed by atoms with E-state index in [0.717, 1.165) is 53.0 Å². The molecule has 0 bridgehead atoms. The minimum Gasteiger partial charge on any atom is -0.348 e. The number of aromatic nitrogens is 2. The Kier molecular flexibility index (Phi) is 14.7. The van der Waals surface area contributed by atoms with E-state index in [1.807, 2.05) is 43.3 Å². The van der Waals surface area contributed by atoms with E-state index in [2.05, 4.69) is 38.9 Å². The number of carbonyl (C=O) groups excluding carboxylic acids is 2. The summed E-state index contributed by atoms with van der Waals surface area (Å²) in [6.45, 7) is 14.7. The maximum atomic E-state index is 13.3. The topological polar surface area (TPSA) is 107 Å². The molecule has 2 amide bonds. The summed E-state index contributed by atoms with van der Waals surface area (Å²) < 4.78 is 79.0. The van der Waals surface area contributed by atoms with Crippen LogP contribution in [0.15, 0.2) is 120 Å². The Labute approximate surface area is 328 Å². The lowest BCUT2D eigenvalue weighted by atomic mass is 10.0. The van der Waals surface area contributed by atoms with E-state index in [1.54, 1.807) is 56.6 Å². The van der Waals surface area contributed by atoms with Crippen LogP contribution in [0.4, 0.5) is 26.3 Å². The van der Waals surface area contributed by atoms with Gasteiger partial charge < -0.3 is 20.4 Å². The average molecular weight is 799 g/mol. The van der Waals surface area contributed by atoms with E-state index < -0.39 is 41.0 Å². The highest BCUT2D eigenvalue weighted by Crippen LogP contribution is 2.32. The molecular weight excluding hydrogens is 750 g/mol. The predicted molar refractivity (Wildman–Crippen MR) is 209 cm³/mol. The summed E-state index contributed by atoms with van der Waals surface area (Å²) in [5, 5.41) is 9.49. The van der Waals surface area contributed by atoms with Gasteiger partial charge in [0.15, 0.2) is 0 Å². The van der Waals surface area contributed by atoms with Crippen LogP contribution in [0.2, 0.25) is 0 Å². The molecule has 1 aromatic heterocycles. The molecule has 3 aliphatic rings. The van der Waals surface area contributed by atoms with Crippen LogP contribution < -0.4 is 10.6 Å². The fourth-order valence-electron chi connectivity index (χ4n) is 5.77. The first-order valence-corrected chi connectivity index (χ1v) is 18.5. The minimum atomic E-state index is -4.50. The van der Waals surface area contributed by atoms with Gasteiger partial charge >= 0.3 is 12.4 Å². The van der Waals surface area contributed by atoms with Gasteiger partial charge in [0.1, 0.15) is 17.7 Å². The van der Waals surface area contributed by atoms with Crippen molar-refractivity contribution in [2.75, 3.05) is 0 Å². The first-order valence-electron chi connectivity index (χ1n) is 18.5. The third-order valence-electron chi connectivity index (χ3n) is 8.76. The minimum absolute atomic E-state index is 0.0101. The van der Waals surface area contributed by atoms with Crippen molar-refractivity contribution in [3.63, 3.8) is 0 Å². The van der Waals surface area contributed by atoms with Gasteiger partial charge in [-0.05, 0) is 51.2 Å². The van der Waals surface area contributed by atoms with Gasteiger partial charge in [0, 0.05) is 66.4 Å². The summed E-state index contributed by atoms with van der Waals surface area (Å²) in [4.78, 5) is 37.3. The van der Waals surface area contributed by atoms with Gasteiger partial charge in [-0.1, -0.05) is 69.8 Å². The summed E-state index contributed by atoms with van der Waals surface area (Å²) >= 11 is 0. The second-order valence-corrected chi connectivity index (χ2v) is 14.3. The molecule has 1 aromatic carbocycles. The highest BCUT2D eigenvalue weighted by molar-refractivity contribution is 6.10. The predicted octanol–water partition coefficient (Wildman–Crippen LogP) is 8.88. The van der Waals surface area contributed by atoms with E-state index in [-0.39, 0.29) is 37.0 Å². The van der Waals surface area contributed by atoms with Gasteiger partial charge in [-0.2, -0.15) is 31.4 Å². The zero-order valence-corrected chi connectivity index (χ0v) is 32.4. The van der Waals surface area contributed by atoms with Crippen molar-refractivity contribution in [2.24, 2.45) is 15.9 Å². The number of allylic oxidation sites excluding steroid dienone is 4. The summed E-state index contributed by atoms with van der Waals surface area (Å²) in [7, 11) is 0. The number of carbonyl (C=O) groups is 2. The van der Waals surface area contributed by atoms with Crippen LogP contribution in [-0.2, 0) is 22.3 Å². The van der Waals surface area contributed by atoms with Crippen molar-refractivity contribution < 1.29 is 35.9 Å². The van der Waals surface area contributed by atoms with E-state index in [1.165, 1.54) is 4.90 Å². The summed E-state index contributed by atoms with van der Waals surface area (Å²) in [5.41, 5.74) is -0.00909. The Balaban J connectivity index is 0.000000281. The number of rotatable bonds is 14. The third-order valence-corrected chi connectivity index (χ3v) is 8.76. The van der Waals surface area contributed by atoms with Gasteiger partial charge in [0.25, 0.3) is 0 Å². The normalized spacial score (nSPS) is 16.9. The van der Waals surface area contributed by atoms with Gasteiger partial charge in [-0.25, -0.2) is 9.98 Å². The van der Waals surface area contributed by atoms with Crippen molar-refractivity contribution in [3.8, 4) is 0 Å². The molecule has 2 aromatic rings.